The van der Waals surface area contributed by atoms with E-state index >= 15 is 0 Å². The van der Waals surface area contributed by atoms with Gasteiger partial charge in [0.2, 0.25) is 0 Å². The Bertz CT molecular complexity index is 686. The third-order valence-corrected chi connectivity index (χ3v) is 5.02. The Kier molecular flexibility index (Phi) is 6.14. The summed E-state index contributed by atoms with van der Waals surface area (Å²) in [6.45, 7) is 6.64. The van der Waals surface area contributed by atoms with Crippen molar-refractivity contribution in [3.05, 3.63) is 28.3 Å². The van der Waals surface area contributed by atoms with Crippen molar-refractivity contribution in [2.75, 3.05) is 51.0 Å². The van der Waals surface area contributed by atoms with Crippen LogP contribution >= 0.6 is 0 Å². The van der Waals surface area contributed by atoms with Gasteiger partial charge in [-0.05, 0) is 18.1 Å². The molecule has 1 aromatic carbocycles. The van der Waals surface area contributed by atoms with Crippen LogP contribution in [-0.2, 0) is 14.6 Å². The third-order valence-electron chi connectivity index (χ3n) is 3.90. The van der Waals surface area contributed by atoms with Crippen molar-refractivity contribution in [2.45, 2.75) is 11.8 Å². The zero-order chi connectivity index (χ0) is 17.7. The number of benzene rings is 1. The molecular weight excluding hydrogens is 334 g/mol. The van der Waals surface area contributed by atoms with Gasteiger partial charge in [-0.3, -0.25) is 15.0 Å². The molecular formula is C15H23N3O5S. The molecule has 1 heterocycles. The van der Waals surface area contributed by atoms with E-state index < -0.39 is 20.4 Å². The van der Waals surface area contributed by atoms with E-state index in [1.54, 1.807) is 0 Å². The van der Waals surface area contributed by atoms with Crippen molar-refractivity contribution in [3.8, 4) is 0 Å². The van der Waals surface area contributed by atoms with Crippen LogP contribution in [0.2, 0.25) is 0 Å². The molecule has 0 aromatic heterocycles. The summed E-state index contributed by atoms with van der Waals surface area (Å²) in [4.78, 5) is 12.7. The zero-order valence-corrected chi connectivity index (χ0v) is 14.7. The van der Waals surface area contributed by atoms with E-state index in [4.69, 9.17) is 4.74 Å². The second-order valence-electron chi connectivity index (χ2n) is 6.08. The summed E-state index contributed by atoms with van der Waals surface area (Å²) in [5.41, 5.74) is -0.157. The van der Waals surface area contributed by atoms with Crippen LogP contribution in [0.1, 0.15) is 6.92 Å². The van der Waals surface area contributed by atoms with Gasteiger partial charge in [0.1, 0.15) is 10.6 Å². The molecule has 1 aromatic rings. The van der Waals surface area contributed by atoms with E-state index in [1.807, 2.05) is 0 Å². The number of nitrogens with zero attached hydrogens (tertiary/aromatic N) is 2. The van der Waals surface area contributed by atoms with Gasteiger partial charge in [-0.15, -0.1) is 0 Å². The Balaban J connectivity index is 2.07. The molecule has 1 aliphatic rings. The first-order valence-electron chi connectivity index (χ1n) is 7.80. The minimum Gasteiger partial charge on any atom is -0.379 e. The van der Waals surface area contributed by atoms with Crippen molar-refractivity contribution in [3.63, 3.8) is 0 Å². The van der Waals surface area contributed by atoms with E-state index in [2.05, 4.69) is 17.1 Å². The molecule has 1 saturated heterocycles. The van der Waals surface area contributed by atoms with Crippen LogP contribution in [0.25, 0.3) is 0 Å². The maximum absolute atomic E-state index is 11.8. The molecule has 0 saturated carbocycles. The minimum absolute atomic E-state index is 0.233. The minimum atomic E-state index is -3.67. The lowest BCUT2D eigenvalue weighted by Gasteiger charge is -2.29. The molecule has 0 aliphatic carbocycles. The molecule has 1 fully saturated rings. The SMILES string of the molecule is CC(CNc1cccc(S(C)(=O)=O)c1[N+](=O)[O-])CN1CCOCC1. The number of nitro benzene ring substituents is 1. The fraction of sp³-hybridized carbons (Fsp3) is 0.600. The van der Waals surface area contributed by atoms with Crippen LogP contribution in [0.15, 0.2) is 23.1 Å². The molecule has 1 N–H and O–H groups in total. The number of anilines is 1. The van der Waals surface area contributed by atoms with Crippen molar-refractivity contribution in [1.29, 1.82) is 0 Å². The van der Waals surface area contributed by atoms with E-state index in [9.17, 15) is 18.5 Å². The van der Waals surface area contributed by atoms with Crippen molar-refractivity contribution >= 4 is 21.2 Å². The molecule has 0 bridgehead atoms. The highest BCUT2D eigenvalue weighted by Crippen LogP contribution is 2.32. The largest absolute Gasteiger partial charge is 0.379 e. The maximum atomic E-state index is 11.8. The van der Waals surface area contributed by atoms with Crippen LogP contribution in [0.4, 0.5) is 11.4 Å². The summed E-state index contributed by atoms with van der Waals surface area (Å²) in [7, 11) is -3.67. The lowest BCUT2D eigenvalue weighted by Crippen LogP contribution is -2.40. The number of para-hydroxylation sites is 1. The third kappa shape index (κ3) is 4.89. The van der Waals surface area contributed by atoms with Gasteiger partial charge in [0, 0.05) is 32.4 Å². The summed E-state index contributed by atoms with van der Waals surface area (Å²) < 4.78 is 28.8. The van der Waals surface area contributed by atoms with Gasteiger partial charge in [0.25, 0.3) is 0 Å². The van der Waals surface area contributed by atoms with Gasteiger partial charge in [0.15, 0.2) is 9.84 Å². The standard InChI is InChI=1S/C15H23N3O5S/c1-12(11-17-6-8-23-9-7-17)10-16-13-4-3-5-14(24(2,21)22)15(13)18(19)20/h3-5,12,16H,6-11H2,1-2H3. The first-order valence-corrected chi connectivity index (χ1v) is 9.69. The second-order valence-corrected chi connectivity index (χ2v) is 8.06. The second kappa shape index (κ2) is 7.91. The Hall–Kier alpha value is -1.71. The Morgan fingerprint density at radius 3 is 2.62 bits per heavy atom. The average Bonchev–Trinajstić information content (AvgIpc) is 2.52. The number of hydrogen-bond donors (Lipinski definition) is 1. The first-order chi connectivity index (χ1) is 11.3. The Morgan fingerprint density at radius 1 is 1.38 bits per heavy atom. The maximum Gasteiger partial charge on any atom is 0.310 e. The van der Waals surface area contributed by atoms with Crippen molar-refractivity contribution < 1.29 is 18.1 Å². The normalized spacial score (nSPS) is 17.4. The number of nitro groups is 1. The van der Waals surface area contributed by atoms with Gasteiger partial charge >= 0.3 is 5.69 Å². The van der Waals surface area contributed by atoms with Crippen molar-refractivity contribution in [1.82, 2.24) is 4.90 Å². The fourth-order valence-electron chi connectivity index (χ4n) is 2.73. The lowest BCUT2D eigenvalue weighted by molar-refractivity contribution is -0.386. The van der Waals surface area contributed by atoms with Gasteiger partial charge in [-0.25, -0.2) is 8.42 Å². The number of hydrogen-bond acceptors (Lipinski definition) is 7. The predicted octanol–water partition coefficient (Wildman–Crippen LogP) is 1.38. The number of nitrogens with one attached hydrogen (secondary N) is 1. The highest BCUT2D eigenvalue weighted by atomic mass is 32.2. The highest BCUT2D eigenvalue weighted by molar-refractivity contribution is 7.90. The van der Waals surface area contributed by atoms with Gasteiger partial charge < -0.3 is 10.1 Å². The molecule has 24 heavy (non-hydrogen) atoms. The smallest absolute Gasteiger partial charge is 0.310 e. The van der Waals surface area contributed by atoms with Crippen LogP contribution in [-0.4, -0.2) is 63.9 Å². The number of sulfone groups is 1. The number of rotatable bonds is 7. The number of morpholine rings is 1. The topological polar surface area (TPSA) is 102 Å². The lowest BCUT2D eigenvalue weighted by atomic mass is 10.1. The van der Waals surface area contributed by atoms with Crippen molar-refractivity contribution in [2.24, 2.45) is 5.92 Å². The van der Waals surface area contributed by atoms with E-state index in [1.165, 1.54) is 18.2 Å². The molecule has 0 amide bonds. The fourth-order valence-corrected chi connectivity index (χ4v) is 3.59. The van der Waals surface area contributed by atoms with Crippen LogP contribution in [0.5, 0.6) is 0 Å². The molecule has 1 atom stereocenters. The molecule has 0 spiro atoms. The molecule has 1 unspecified atom stereocenters. The summed E-state index contributed by atoms with van der Waals surface area (Å²) in [6.07, 6.45) is 0.972. The van der Waals surface area contributed by atoms with Crippen LogP contribution < -0.4 is 5.32 Å². The summed E-state index contributed by atoms with van der Waals surface area (Å²) in [6, 6.07) is 4.31. The molecule has 134 valence electrons. The van der Waals surface area contributed by atoms with E-state index in [0.29, 0.717) is 6.54 Å². The molecule has 1 aliphatic heterocycles. The quantitative estimate of drug-likeness (QED) is 0.581. The van der Waals surface area contributed by atoms with Gasteiger partial charge in [0.05, 0.1) is 18.1 Å². The predicted molar refractivity (Wildman–Crippen MR) is 91.1 cm³/mol. The van der Waals surface area contributed by atoms with Crippen LogP contribution in [0.3, 0.4) is 0 Å². The van der Waals surface area contributed by atoms with E-state index in [-0.39, 0.29) is 16.5 Å². The van der Waals surface area contributed by atoms with E-state index in [0.717, 1.165) is 39.1 Å². The average molecular weight is 357 g/mol. The Labute approximate surface area is 141 Å². The van der Waals surface area contributed by atoms with Crippen LogP contribution in [0, 0.1) is 16.0 Å². The summed E-state index contributed by atoms with van der Waals surface area (Å²) >= 11 is 0. The zero-order valence-electron chi connectivity index (χ0n) is 13.9. The first kappa shape index (κ1) is 18.6. The summed E-state index contributed by atoms with van der Waals surface area (Å²) in [5, 5.41) is 14.4. The Morgan fingerprint density at radius 2 is 2.04 bits per heavy atom. The van der Waals surface area contributed by atoms with Gasteiger partial charge in [-0.1, -0.05) is 13.0 Å². The number of ether oxygens (including phenoxy) is 1. The monoisotopic (exact) mass is 357 g/mol. The van der Waals surface area contributed by atoms with Gasteiger partial charge in [-0.2, -0.15) is 0 Å². The molecule has 2 rings (SSSR count). The molecule has 8 nitrogen and oxygen atoms in total. The molecule has 0 radical (unpaired) electrons. The highest BCUT2D eigenvalue weighted by Gasteiger charge is 2.26. The summed E-state index contributed by atoms with van der Waals surface area (Å²) in [5.74, 6) is 0.254. The molecule has 9 heteroatoms.